The number of hydrogen-bond acceptors (Lipinski definition) is 9. The van der Waals surface area contributed by atoms with Crippen LogP contribution in [0.4, 0.5) is 22.9 Å². The molecule has 4 aromatic rings. The van der Waals surface area contributed by atoms with Crippen LogP contribution in [0.3, 0.4) is 0 Å². The molecule has 0 saturated carbocycles. The normalized spacial score (nSPS) is 11.0. The number of hydrogen-bond donors (Lipinski definition) is 1. The van der Waals surface area contributed by atoms with Crippen LogP contribution in [0.15, 0.2) is 83.2 Å². The van der Waals surface area contributed by atoms with Gasteiger partial charge in [0, 0.05) is 29.0 Å². The Morgan fingerprint density at radius 3 is 2.28 bits per heavy atom. The van der Waals surface area contributed by atoms with Crippen molar-refractivity contribution in [3.8, 4) is 17.2 Å². The molecule has 0 fully saturated rings. The van der Waals surface area contributed by atoms with Crippen LogP contribution >= 0.6 is 0 Å². The number of ether oxygens (including phenoxy) is 1. The number of fused-ring (bicyclic) bond motifs is 1. The van der Waals surface area contributed by atoms with Gasteiger partial charge in [0.25, 0.3) is 11.4 Å². The molecule has 0 bridgehead atoms. The molecule has 32 heavy (non-hydrogen) atoms. The van der Waals surface area contributed by atoms with Crippen molar-refractivity contribution in [3.63, 3.8) is 0 Å². The molecule has 158 valence electrons. The highest BCUT2D eigenvalue weighted by Gasteiger charge is 2.14. The second kappa shape index (κ2) is 8.44. The van der Waals surface area contributed by atoms with Crippen LogP contribution in [-0.4, -0.2) is 19.9 Å². The summed E-state index contributed by atoms with van der Waals surface area (Å²) in [7, 11) is 0. The van der Waals surface area contributed by atoms with E-state index in [1.165, 1.54) is 36.4 Å². The van der Waals surface area contributed by atoms with Crippen LogP contribution < -0.4 is 4.74 Å². The van der Waals surface area contributed by atoms with E-state index in [1.807, 2.05) is 0 Å². The van der Waals surface area contributed by atoms with Crippen molar-refractivity contribution < 1.29 is 19.7 Å². The fraction of sp³-hybridized carbons (Fsp3) is 0. The summed E-state index contributed by atoms with van der Waals surface area (Å²) < 4.78 is 5.86. The third-order valence-corrected chi connectivity index (χ3v) is 4.42. The van der Waals surface area contributed by atoms with Crippen LogP contribution in [0.25, 0.3) is 10.8 Å². The van der Waals surface area contributed by atoms with Gasteiger partial charge in [0.1, 0.15) is 23.4 Å². The van der Waals surface area contributed by atoms with E-state index in [0.717, 1.165) is 6.20 Å². The van der Waals surface area contributed by atoms with E-state index in [4.69, 9.17) is 4.74 Å². The number of nitro benzene ring substituents is 1. The molecule has 0 amide bonds. The number of nitro groups is 2. The van der Waals surface area contributed by atoms with Crippen molar-refractivity contribution in [1.29, 1.82) is 0 Å². The Hall–Kier alpha value is -4.93. The third-order valence-electron chi connectivity index (χ3n) is 4.42. The summed E-state index contributed by atoms with van der Waals surface area (Å²) >= 11 is 0. The van der Waals surface area contributed by atoms with E-state index in [-0.39, 0.29) is 34.4 Å². The zero-order valence-corrected chi connectivity index (χ0v) is 16.2. The highest BCUT2D eigenvalue weighted by atomic mass is 16.6. The lowest BCUT2D eigenvalue weighted by Crippen LogP contribution is -1.90. The van der Waals surface area contributed by atoms with Crippen molar-refractivity contribution in [1.82, 2.24) is 4.98 Å². The Morgan fingerprint density at radius 2 is 1.59 bits per heavy atom. The molecule has 11 heteroatoms. The quantitative estimate of drug-likeness (QED) is 0.224. The Morgan fingerprint density at radius 1 is 0.844 bits per heavy atom. The fourth-order valence-corrected chi connectivity index (χ4v) is 2.91. The number of non-ortho nitro benzene ring substituents is 1. The van der Waals surface area contributed by atoms with E-state index in [2.05, 4.69) is 15.2 Å². The molecule has 0 radical (unpaired) electrons. The monoisotopic (exact) mass is 431 g/mol. The van der Waals surface area contributed by atoms with Crippen LogP contribution in [0.5, 0.6) is 17.2 Å². The number of pyridine rings is 1. The second-order valence-corrected chi connectivity index (χ2v) is 6.48. The SMILES string of the molecule is O=[N+]([O-])c1ccc(N=Nc2cc(Oc3cccc([N+](=O)[O-])c3)c3ccccc3c2O)nc1. The van der Waals surface area contributed by atoms with Crippen molar-refractivity contribution in [3.05, 3.63) is 93.2 Å². The number of nitrogens with zero attached hydrogens (tertiary/aromatic N) is 5. The maximum Gasteiger partial charge on any atom is 0.287 e. The van der Waals surface area contributed by atoms with Gasteiger partial charge < -0.3 is 9.84 Å². The van der Waals surface area contributed by atoms with Gasteiger partial charge in [-0.05, 0) is 12.1 Å². The Kier molecular flexibility index (Phi) is 5.36. The first kappa shape index (κ1) is 20.3. The Balaban J connectivity index is 1.74. The van der Waals surface area contributed by atoms with Gasteiger partial charge >= 0.3 is 0 Å². The van der Waals surface area contributed by atoms with Gasteiger partial charge in [0.15, 0.2) is 11.6 Å². The molecule has 0 unspecified atom stereocenters. The molecule has 1 N–H and O–H groups in total. The summed E-state index contributed by atoms with van der Waals surface area (Å²) in [5.41, 5.74) is -0.260. The van der Waals surface area contributed by atoms with Gasteiger partial charge in [0.2, 0.25) is 0 Å². The summed E-state index contributed by atoms with van der Waals surface area (Å²) in [4.78, 5) is 24.5. The molecule has 0 aliphatic heterocycles. The first-order valence-corrected chi connectivity index (χ1v) is 9.11. The second-order valence-electron chi connectivity index (χ2n) is 6.48. The van der Waals surface area contributed by atoms with Crippen LogP contribution in [-0.2, 0) is 0 Å². The average Bonchev–Trinajstić information content (AvgIpc) is 2.80. The zero-order valence-electron chi connectivity index (χ0n) is 16.2. The Labute approximate surface area is 179 Å². The van der Waals surface area contributed by atoms with Gasteiger partial charge in [-0.3, -0.25) is 20.2 Å². The minimum Gasteiger partial charge on any atom is -0.505 e. The molecule has 0 spiro atoms. The first-order valence-electron chi connectivity index (χ1n) is 9.11. The van der Waals surface area contributed by atoms with Gasteiger partial charge in [-0.2, -0.15) is 0 Å². The number of aromatic nitrogens is 1. The Bertz CT molecular complexity index is 1370. The molecule has 0 aliphatic rings. The molecule has 0 atom stereocenters. The van der Waals surface area contributed by atoms with Gasteiger partial charge in [0.05, 0.1) is 15.9 Å². The summed E-state index contributed by atoms with van der Waals surface area (Å²) in [5.74, 6) is 0.474. The van der Waals surface area contributed by atoms with Gasteiger partial charge in [-0.1, -0.05) is 30.3 Å². The molecule has 11 nitrogen and oxygen atoms in total. The minimum atomic E-state index is -0.583. The highest BCUT2D eigenvalue weighted by molar-refractivity contribution is 5.97. The first-order chi connectivity index (χ1) is 15.4. The lowest BCUT2D eigenvalue weighted by Gasteiger charge is -2.11. The van der Waals surface area contributed by atoms with Crippen molar-refractivity contribution in [2.24, 2.45) is 10.2 Å². The molecule has 0 aliphatic carbocycles. The van der Waals surface area contributed by atoms with E-state index in [0.29, 0.717) is 16.5 Å². The smallest absolute Gasteiger partial charge is 0.287 e. The highest BCUT2D eigenvalue weighted by Crippen LogP contribution is 2.43. The van der Waals surface area contributed by atoms with Crippen molar-refractivity contribution in [2.45, 2.75) is 0 Å². The molecule has 1 aromatic heterocycles. The molecular formula is C21H13N5O6. The van der Waals surface area contributed by atoms with E-state index < -0.39 is 9.85 Å². The lowest BCUT2D eigenvalue weighted by atomic mass is 10.1. The zero-order chi connectivity index (χ0) is 22.7. The van der Waals surface area contributed by atoms with E-state index >= 15 is 0 Å². The van der Waals surface area contributed by atoms with Gasteiger partial charge in [-0.25, -0.2) is 4.98 Å². The summed E-state index contributed by atoms with van der Waals surface area (Å²) in [6.07, 6.45) is 1.05. The van der Waals surface area contributed by atoms with Gasteiger partial charge in [-0.15, -0.1) is 10.2 Å². The molecule has 1 heterocycles. The summed E-state index contributed by atoms with van der Waals surface area (Å²) in [6, 6.07) is 16.5. The summed E-state index contributed by atoms with van der Waals surface area (Å²) in [6.45, 7) is 0. The molecule has 0 saturated heterocycles. The van der Waals surface area contributed by atoms with Crippen LogP contribution in [0, 0.1) is 20.2 Å². The molecule has 4 rings (SSSR count). The number of benzene rings is 3. The summed E-state index contributed by atoms with van der Waals surface area (Å²) in [5, 5.41) is 41.3. The standard InChI is InChI=1S/C21H13N5O6/c27-21-17-7-2-1-6-16(17)19(32-15-5-3-4-13(10-15)25(28)29)11-18(21)23-24-20-9-8-14(12-22-20)26(30)31/h1-12,27H. The predicted molar refractivity (Wildman–Crippen MR) is 114 cm³/mol. The predicted octanol–water partition coefficient (Wildman–Crippen LogP) is 5.96. The molecule has 3 aromatic carbocycles. The van der Waals surface area contributed by atoms with Crippen LogP contribution in [0.2, 0.25) is 0 Å². The maximum absolute atomic E-state index is 11.0. The number of phenolic OH excluding ortho intramolecular Hbond substituents is 1. The fourth-order valence-electron chi connectivity index (χ4n) is 2.91. The largest absolute Gasteiger partial charge is 0.505 e. The number of aromatic hydroxyl groups is 1. The topological polar surface area (TPSA) is 153 Å². The minimum absolute atomic E-state index is 0.0595. The van der Waals surface area contributed by atoms with Crippen LogP contribution in [0.1, 0.15) is 0 Å². The average molecular weight is 431 g/mol. The van der Waals surface area contributed by atoms with E-state index in [9.17, 15) is 25.3 Å². The lowest BCUT2D eigenvalue weighted by molar-refractivity contribution is -0.385. The molecular weight excluding hydrogens is 418 g/mol. The number of rotatable bonds is 6. The third kappa shape index (κ3) is 4.16. The van der Waals surface area contributed by atoms with Crippen molar-refractivity contribution >= 4 is 33.7 Å². The van der Waals surface area contributed by atoms with E-state index in [1.54, 1.807) is 30.3 Å². The number of phenols is 1. The maximum atomic E-state index is 11.0. The number of azo groups is 1. The van der Waals surface area contributed by atoms with Crippen molar-refractivity contribution in [2.75, 3.05) is 0 Å².